The first-order chi connectivity index (χ1) is 12.7. The number of carbonyl (C=O) groups excluding carboxylic acids is 2. The molecule has 0 heterocycles. The molecule has 0 aliphatic carbocycles. The Labute approximate surface area is 159 Å². The minimum atomic E-state index is -0.646. The average Bonchev–Trinajstić information content (AvgIpc) is 2.65. The van der Waals surface area contributed by atoms with Crippen LogP contribution in [0, 0.1) is 0 Å². The molecular formula is C21H25NO5. The van der Waals surface area contributed by atoms with E-state index >= 15 is 0 Å². The zero-order chi connectivity index (χ0) is 20.0. The molecule has 6 heteroatoms. The van der Waals surface area contributed by atoms with E-state index in [1.165, 1.54) is 25.8 Å². The quantitative estimate of drug-likeness (QED) is 0.782. The van der Waals surface area contributed by atoms with Crippen molar-refractivity contribution in [1.29, 1.82) is 0 Å². The van der Waals surface area contributed by atoms with Crippen molar-refractivity contribution in [3.05, 3.63) is 53.6 Å². The summed E-state index contributed by atoms with van der Waals surface area (Å²) in [7, 11) is 2.96. The van der Waals surface area contributed by atoms with Gasteiger partial charge in [-0.3, -0.25) is 4.79 Å². The van der Waals surface area contributed by atoms with Crippen molar-refractivity contribution < 1.29 is 23.8 Å². The molecule has 0 atom stereocenters. The van der Waals surface area contributed by atoms with E-state index in [1.807, 2.05) is 24.3 Å². The van der Waals surface area contributed by atoms with Crippen molar-refractivity contribution in [2.45, 2.75) is 26.2 Å². The molecule has 0 aliphatic heterocycles. The van der Waals surface area contributed by atoms with Crippen LogP contribution in [0.3, 0.4) is 0 Å². The summed E-state index contributed by atoms with van der Waals surface area (Å²) in [5.74, 6) is -0.190. The molecule has 0 unspecified atom stereocenters. The van der Waals surface area contributed by atoms with Crippen molar-refractivity contribution in [1.82, 2.24) is 0 Å². The molecule has 0 aliphatic rings. The van der Waals surface area contributed by atoms with E-state index in [2.05, 4.69) is 26.1 Å². The molecule has 2 rings (SSSR count). The van der Waals surface area contributed by atoms with Gasteiger partial charge in [-0.25, -0.2) is 4.79 Å². The van der Waals surface area contributed by atoms with Crippen molar-refractivity contribution >= 4 is 17.6 Å². The molecule has 1 amide bonds. The van der Waals surface area contributed by atoms with Gasteiger partial charge in [-0.05, 0) is 35.2 Å². The normalized spacial score (nSPS) is 10.9. The highest BCUT2D eigenvalue weighted by Gasteiger charge is 2.17. The molecule has 0 spiro atoms. The van der Waals surface area contributed by atoms with E-state index in [4.69, 9.17) is 14.2 Å². The van der Waals surface area contributed by atoms with Gasteiger partial charge in [0.2, 0.25) is 0 Å². The fourth-order valence-corrected chi connectivity index (χ4v) is 2.43. The van der Waals surface area contributed by atoms with E-state index in [0.717, 1.165) is 0 Å². The molecule has 0 bridgehead atoms. The maximum Gasteiger partial charge on any atom is 0.342 e. The lowest BCUT2D eigenvalue weighted by molar-refractivity contribution is -0.119. The molecule has 0 saturated heterocycles. The molecule has 6 nitrogen and oxygen atoms in total. The van der Waals surface area contributed by atoms with Gasteiger partial charge in [0.05, 0.1) is 14.2 Å². The van der Waals surface area contributed by atoms with E-state index < -0.39 is 18.5 Å². The number of anilines is 1. The van der Waals surface area contributed by atoms with Crippen molar-refractivity contribution in [3.8, 4) is 11.5 Å². The summed E-state index contributed by atoms with van der Waals surface area (Å²) >= 11 is 0. The number of benzene rings is 2. The third kappa shape index (κ3) is 5.48. The van der Waals surface area contributed by atoms with E-state index in [0.29, 0.717) is 17.2 Å². The average molecular weight is 371 g/mol. The number of hydrogen-bond donors (Lipinski definition) is 1. The standard InChI is InChI=1S/C21H25NO5/c1-21(2,3)14-6-8-15(9-7-14)22-19(23)13-27-20(24)17-11-10-16(25-4)12-18(17)26-5/h6-12H,13H2,1-5H3,(H,22,23). The maximum absolute atomic E-state index is 12.2. The van der Waals surface area contributed by atoms with Crippen LogP contribution in [0.15, 0.2) is 42.5 Å². The van der Waals surface area contributed by atoms with E-state index in [9.17, 15) is 9.59 Å². The largest absolute Gasteiger partial charge is 0.497 e. The third-order valence-electron chi connectivity index (χ3n) is 4.00. The van der Waals surface area contributed by atoms with Crippen LogP contribution in [0.2, 0.25) is 0 Å². The number of carbonyl (C=O) groups is 2. The zero-order valence-electron chi connectivity index (χ0n) is 16.3. The van der Waals surface area contributed by atoms with Crippen molar-refractivity contribution in [2.24, 2.45) is 0 Å². The molecule has 2 aromatic rings. The van der Waals surface area contributed by atoms with Gasteiger partial charge in [-0.2, -0.15) is 0 Å². The van der Waals surface area contributed by atoms with Crippen LogP contribution in [0.5, 0.6) is 11.5 Å². The fraction of sp³-hybridized carbons (Fsp3) is 0.333. The summed E-state index contributed by atoms with van der Waals surface area (Å²) in [5.41, 5.74) is 2.07. The predicted octanol–water partition coefficient (Wildman–Crippen LogP) is 3.80. The lowest BCUT2D eigenvalue weighted by Crippen LogP contribution is -2.21. The Balaban J connectivity index is 1.94. The van der Waals surface area contributed by atoms with Crippen LogP contribution in [0.1, 0.15) is 36.7 Å². The maximum atomic E-state index is 12.2. The Hall–Kier alpha value is -3.02. The van der Waals surface area contributed by atoms with Crippen LogP contribution >= 0.6 is 0 Å². The van der Waals surface area contributed by atoms with Gasteiger partial charge in [0.1, 0.15) is 17.1 Å². The summed E-state index contributed by atoms with van der Waals surface area (Å²) in [6.07, 6.45) is 0. The number of ether oxygens (including phenoxy) is 3. The molecule has 0 fully saturated rings. The van der Waals surface area contributed by atoms with Crippen molar-refractivity contribution in [2.75, 3.05) is 26.1 Å². The van der Waals surface area contributed by atoms with Crippen LogP contribution in [0.4, 0.5) is 5.69 Å². The van der Waals surface area contributed by atoms with Crippen LogP contribution in [0.25, 0.3) is 0 Å². The first-order valence-electron chi connectivity index (χ1n) is 8.54. The lowest BCUT2D eigenvalue weighted by Gasteiger charge is -2.19. The van der Waals surface area contributed by atoms with Crippen molar-refractivity contribution in [3.63, 3.8) is 0 Å². The molecule has 0 radical (unpaired) electrons. The number of esters is 1. The fourth-order valence-electron chi connectivity index (χ4n) is 2.43. The second-order valence-electron chi connectivity index (χ2n) is 7.02. The van der Waals surface area contributed by atoms with Crippen LogP contribution in [-0.4, -0.2) is 32.7 Å². The molecule has 27 heavy (non-hydrogen) atoms. The molecule has 0 aromatic heterocycles. The summed E-state index contributed by atoms with van der Waals surface area (Å²) in [5, 5.41) is 2.71. The summed E-state index contributed by atoms with van der Waals surface area (Å²) in [6, 6.07) is 12.3. The Morgan fingerprint density at radius 2 is 1.63 bits per heavy atom. The van der Waals surface area contributed by atoms with Gasteiger partial charge in [0.25, 0.3) is 5.91 Å². The zero-order valence-corrected chi connectivity index (χ0v) is 16.3. The Kier molecular flexibility index (Phi) is 6.45. The highest BCUT2D eigenvalue weighted by atomic mass is 16.5. The second-order valence-corrected chi connectivity index (χ2v) is 7.02. The number of amides is 1. The Morgan fingerprint density at radius 3 is 2.19 bits per heavy atom. The first kappa shape index (κ1) is 20.3. The van der Waals surface area contributed by atoms with Gasteiger partial charge in [-0.1, -0.05) is 32.9 Å². The highest BCUT2D eigenvalue weighted by molar-refractivity contribution is 5.96. The number of nitrogens with one attached hydrogen (secondary N) is 1. The predicted molar refractivity (Wildman–Crippen MR) is 104 cm³/mol. The molecule has 1 N–H and O–H groups in total. The van der Waals surface area contributed by atoms with E-state index in [1.54, 1.807) is 12.1 Å². The highest BCUT2D eigenvalue weighted by Crippen LogP contribution is 2.25. The summed E-state index contributed by atoms with van der Waals surface area (Å²) in [4.78, 5) is 24.3. The summed E-state index contributed by atoms with van der Waals surface area (Å²) in [6.45, 7) is 5.96. The van der Waals surface area contributed by atoms with Gasteiger partial charge in [0, 0.05) is 11.8 Å². The first-order valence-corrected chi connectivity index (χ1v) is 8.54. The molecule has 0 saturated carbocycles. The Morgan fingerprint density at radius 1 is 0.963 bits per heavy atom. The third-order valence-corrected chi connectivity index (χ3v) is 4.00. The molecular weight excluding hydrogens is 346 g/mol. The topological polar surface area (TPSA) is 73.9 Å². The monoisotopic (exact) mass is 371 g/mol. The van der Waals surface area contributed by atoms with Gasteiger partial charge in [0.15, 0.2) is 6.61 Å². The number of rotatable bonds is 6. The molecule has 2 aromatic carbocycles. The van der Waals surface area contributed by atoms with Gasteiger partial charge in [-0.15, -0.1) is 0 Å². The smallest absolute Gasteiger partial charge is 0.342 e. The van der Waals surface area contributed by atoms with Gasteiger partial charge >= 0.3 is 5.97 Å². The van der Waals surface area contributed by atoms with Crippen LogP contribution in [-0.2, 0) is 14.9 Å². The van der Waals surface area contributed by atoms with Crippen LogP contribution < -0.4 is 14.8 Å². The minimum absolute atomic E-state index is 0.0372. The Bertz CT molecular complexity index is 806. The molecule has 144 valence electrons. The second kappa shape index (κ2) is 8.58. The number of hydrogen-bond acceptors (Lipinski definition) is 5. The SMILES string of the molecule is COc1ccc(C(=O)OCC(=O)Nc2ccc(C(C)(C)C)cc2)c(OC)c1. The van der Waals surface area contributed by atoms with E-state index in [-0.39, 0.29) is 11.0 Å². The minimum Gasteiger partial charge on any atom is -0.497 e. The number of methoxy groups -OCH3 is 2. The lowest BCUT2D eigenvalue weighted by atomic mass is 9.87. The van der Waals surface area contributed by atoms with Gasteiger partial charge < -0.3 is 19.5 Å². The summed E-state index contributed by atoms with van der Waals surface area (Å²) < 4.78 is 15.3.